The smallest absolute Gasteiger partial charge is 0.278 e. The number of carbonyl (C=O) groups excluding carboxylic acids is 2. The van der Waals surface area contributed by atoms with E-state index in [0.717, 1.165) is 35.1 Å². The van der Waals surface area contributed by atoms with E-state index in [2.05, 4.69) is 0 Å². The molecule has 162 valence electrons. The van der Waals surface area contributed by atoms with Crippen molar-refractivity contribution in [1.82, 2.24) is 9.80 Å². The maximum absolute atomic E-state index is 13.5. The van der Waals surface area contributed by atoms with Gasteiger partial charge >= 0.3 is 0 Å². The van der Waals surface area contributed by atoms with Gasteiger partial charge < -0.3 is 10.0 Å². The van der Waals surface area contributed by atoms with Gasteiger partial charge in [-0.15, -0.1) is 0 Å². The number of imide groups is 1. The standard InChI is InChI=1S/C25H27ClN2O3/c1-16-5-8-20(12-17(16)2)22-23(27-11-3-4-19(13-27)15-29)25(31)28(24(22)30)14-18-6-9-21(26)10-7-18/h5-10,12,19,29H,3-4,11,13-15H2,1-2H3. The Morgan fingerprint density at radius 2 is 1.77 bits per heavy atom. The van der Waals surface area contributed by atoms with Gasteiger partial charge in [-0.25, -0.2) is 0 Å². The summed E-state index contributed by atoms with van der Waals surface area (Å²) in [4.78, 5) is 30.4. The zero-order valence-corrected chi connectivity index (χ0v) is 18.7. The molecule has 4 rings (SSSR count). The number of amides is 2. The highest BCUT2D eigenvalue weighted by atomic mass is 35.5. The van der Waals surface area contributed by atoms with E-state index in [1.54, 1.807) is 12.1 Å². The minimum absolute atomic E-state index is 0.0827. The number of likely N-dealkylation sites (tertiary alicyclic amines) is 1. The van der Waals surface area contributed by atoms with E-state index in [1.165, 1.54) is 4.90 Å². The molecule has 5 nitrogen and oxygen atoms in total. The largest absolute Gasteiger partial charge is 0.396 e. The first-order chi connectivity index (χ1) is 14.9. The van der Waals surface area contributed by atoms with Gasteiger partial charge in [0.25, 0.3) is 11.8 Å². The summed E-state index contributed by atoms with van der Waals surface area (Å²) in [6, 6.07) is 13.1. The number of rotatable bonds is 5. The second-order valence-corrected chi connectivity index (χ2v) is 8.92. The summed E-state index contributed by atoms with van der Waals surface area (Å²) >= 11 is 5.99. The van der Waals surface area contributed by atoms with E-state index in [1.807, 2.05) is 49.1 Å². The van der Waals surface area contributed by atoms with Crippen LogP contribution in [0, 0.1) is 19.8 Å². The fourth-order valence-electron chi connectivity index (χ4n) is 4.35. The summed E-state index contributed by atoms with van der Waals surface area (Å²) in [5.74, 6) is -0.438. The number of aliphatic hydroxyl groups is 1. The monoisotopic (exact) mass is 438 g/mol. The molecule has 2 aromatic rings. The molecule has 1 fully saturated rings. The predicted octanol–water partition coefficient (Wildman–Crippen LogP) is 3.94. The molecule has 0 bridgehead atoms. The molecule has 0 aliphatic carbocycles. The molecule has 1 N–H and O–H groups in total. The van der Waals surface area contributed by atoms with Gasteiger partial charge in [-0.05, 0) is 67.0 Å². The fourth-order valence-corrected chi connectivity index (χ4v) is 4.47. The Labute approximate surface area is 187 Å². The lowest BCUT2D eigenvalue weighted by atomic mass is 9.96. The molecular weight excluding hydrogens is 412 g/mol. The number of hydrogen-bond acceptors (Lipinski definition) is 4. The highest BCUT2D eigenvalue weighted by Crippen LogP contribution is 2.35. The lowest BCUT2D eigenvalue weighted by molar-refractivity contribution is -0.138. The molecule has 2 aliphatic rings. The van der Waals surface area contributed by atoms with E-state index in [0.29, 0.717) is 29.4 Å². The molecule has 2 aromatic carbocycles. The summed E-state index contributed by atoms with van der Waals surface area (Å²) in [5, 5.41) is 10.3. The van der Waals surface area contributed by atoms with Gasteiger partial charge in [0.15, 0.2) is 0 Å². The molecule has 6 heteroatoms. The zero-order chi connectivity index (χ0) is 22.1. The SMILES string of the molecule is Cc1ccc(C2=C(N3CCCC(CO)C3)C(=O)N(Cc3ccc(Cl)cc3)C2=O)cc1C. The van der Waals surface area contributed by atoms with Gasteiger partial charge in [0.2, 0.25) is 0 Å². The molecule has 0 aromatic heterocycles. The maximum Gasteiger partial charge on any atom is 0.278 e. The zero-order valence-electron chi connectivity index (χ0n) is 17.9. The molecule has 1 unspecified atom stereocenters. The summed E-state index contributed by atoms with van der Waals surface area (Å²) < 4.78 is 0. The first-order valence-electron chi connectivity index (χ1n) is 10.7. The average Bonchev–Trinajstić information content (AvgIpc) is 3.02. The average molecular weight is 439 g/mol. The second kappa shape index (κ2) is 8.85. The maximum atomic E-state index is 13.5. The van der Waals surface area contributed by atoms with E-state index < -0.39 is 0 Å². The molecule has 2 heterocycles. The lowest BCUT2D eigenvalue weighted by Crippen LogP contribution is -2.40. The van der Waals surface area contributed by atoms with E-state index in [9.17, 15) is 14.7 Å². The van der Waals surface area contributed by atoms with Crippen LogP contribution in [-0.2, 0) is 16.1 Å². The number of nitrogens with zero attached hydrogens (tertiary/aromatic N) is 2. The van der Waals surface area contributed by atoms with Gasteiger partial charge in [-0.3, -0.25) is 14.5 Å². The molecule has 0 spiro atoms. The van der Waals surface area contributed by atoms with Gasteiger partial charge in [0.1, 0.15) is 5.70 Å². The number of aliphatic hydroxyl groups excluding tert-OH is 1. The van der Waals surface area contributed by atoms with Crippen LogP contribution >= 0.6 is 11.6 Å². The third-order valence-corrected chi connectivity index (χ3v) is 6.54. The van der Waals surface area contributed by atoms with E-state index in [-0.39, 0.29) is 30.9 Å². The molecule has 0 saturated carbocycles. The van der Waals surface area contributed by atoms with Crippen molar-refractivity contribution in [3.63, 3.8) is 0 Å². The highest BCUT2D eigenvalue weighted by molar-refractivity contribution is 6.35. The Morgan fingerprint density at radius 1 is 1.03 bits per heavy atom. The Bertz CT molecular complexity index is 1050. The predicted molar refractivity (Wildman–Crippen MR) is 121 cm³/mol. The van der Waals surface area contributed by atoms with Crippen molar-refractivity contribution < 1.29 is 14.7 Å². The molecular formula is C25H27ClN2O3. The van der Waals surface area contributed by atoms with Crippen LogP contribution in [0.15, 0.2) is 48.2 Å². The second-order valence-electron chi connectivity index (χ2n) is 8.48. The van der Waals surface area contributed by atoms with E-state index in [4.69, 9.17) is 11.6 Å². The summed E-state index contributed by atoms with van der Waals surface area (Å²) in [6.45, 7) is 5.60. The summed E-state index contributed by atoms with van der Waals surface area (Å²) in [6.07, 6.45) is 1.81. The topological polar surface area (TPSA) is 60.9 Å². The third kappa shape index (κ3) is 4.25. The Kier molecular flexibility index (Phi) is 6.17. The van der Waals surface area contributed by atoms with Crippen LogP contribution in [0.4, 0.5) is 0 Å². The highest BCUT2D eigenvalue weighted by Gasteiger charge is 2.42. The Hall–Kier alpha value is -2.63. The minimum Gasteiger partial charge on any atom is -0.396 e. The van der Waals surface area contributed by atoms with Gasteiger partial charge in [-0.2, -0.15) is 0 Å². The van der Waals surface area contributed by atoms with Crippen molar-refractivity contribution in [1.29, 1.82) is 0 Å². The van der Waals surface area contributed by atoms with Crippen molar-refractivity contribution >= 4 is 29.0 Å². The van der Waals surface area contributed by atoms with E-state index >= 15 is 0 Å². The molecule has 2 aliphatic heterocycles. The van der Waals surface area contributed by atoms with Crippen LogP contribution in [0.3, 0.4) is 0 Å². The summed E-state index contributed by atoms with van der Waals surface area (Å²) in [5.41, 5.74) is 4.74. The van der Waals surface area contributed by atoms with Crippen LogP contribution in [0.2, 0.25) is 5.02 Å². The minimum atomic E-state index is -0.274. The third-order valence-electron chi connectivity index (χ3n) is 6.29. The number of piperidine rings is 1. The molecule has 0 radical (unpaired) electrons. The first-order valence-corrected chi connectivity index (χ1v) is 11.0. The van der Waals surface area contributed by atoms with Crippen LogP contribution < -0.4 is 0 Å². The first kappa shape index (κ1) is 21.6. The van der Waals surface area contributed by atoms with Crippen molar-refractivity contribution in [2.45, 2.75) is 33.2 Å². The van der Waals surface area contributed by atoms with Gasteiger partial charge in [-0.1, -0.05) is 41.9 Å². The summed E-state index contributed by atoms with van der Waals surface area (Å²) in [7, 11) is 0. The van der Waals surface area contributed by atoms with Gasteiger partial charge in [0.05, 0.1) is 12.1 Å². The normalized spacial score (nSPS) is 19.5. The number of benzene rings is 2. The molecule has 1 atom stereocenters. The number of aryl methyl sites for hydroxylation is 2. The van der Waals surface area contributed by atoms with Crippen LogP contribution in [0.1, 0.15) is 35.1 Å². The van der Waals surface area contributed by atoms with Crippen molar-refractivity contribution in [3.8, 4) is 0 Å². The number of hydrogen-bond donors (Lipinski definition) is 1. The number of halogens is 1. The van der Waals surface area contributed by atoms with Crippen LogP contribution in [0.25, 0.3) is 5.57 Å². The van der Waals surface area contributed by atoms with Crippen molar-refractivity contribution in [2.75, 3.05) is 19.7 Å². The molecule has 2 amide bonds. The Balaban J connectivity index is 1.75. The fraction of sp³-hybridized carbons (Fsp3) is 0.360. The van der Waals surface area contributed by atoms with Crippen molar-refractivity contribution in [3.05, 3.63) is 75.4 Å². The number of carbonyl (C=O) groups is 2. The van der Waals surface area contributed by atoms with Crippen LogP contribution in [0.5, 0.6) is 0 Å². The van der Waals surface area contributed by atoms with Crippen LogP contribution in [-0.4, -0.2) is 46.4 Å². The van der Waals surface area contributed by atoms with Gasteiger partial charge in [0, 0.05) is 24.7 Å². The molecule has 31 heavy (non-hydrogen) atoms. The van der Waals surface area contributed by atoms with Crippen molar-refractivity contribution in [2.24, 2.45) is 5.92 Å². The quantitative estimate of drug-likeness (QED) is 0.718. The lowest BCUT2D eigenvalue weighted by Gasteiger charge is -2.34. The molecule has 1 saturated heterocycles. The Morgan fingerprint density at radius 3 is 2.45 bits per heavy atom.